The van der Waals surface area contributed by atoms with Crippen LogP contribution in [0, 0.1) is 11.5 Å². The van der Waals surface area contributed by atoms with Crippen molar-refractivity contribution in [1.29, 1.82) is 5.26 Å². The molecule has 1 aromatic rings. The molecule has 1 aromatic carbocycles. The highest BCUT2D eigenvalue weighted by Gasteiger charge is 2.06. The van der Waals surface area contributed by atoms with Gasteiger partial charge in [0.1, 0.15) is 5.75 Å². The Labute approximate surface area is 106 Å². The van der Waals surface area contributed by atoms with Crippen LogP contribution in [0.4, 0.5) is 0 Å². The number of aliphatic imine (C=N–C) groups is 1. The van der Waals surface area contributed by atoms with Crippen LogP contribution in [0.3, 0.4) is 0 Å². The second-order valence-corrected chi connectivity index (χ2v) is 4.18. The third-order valence-corrected chi connectivity index (χ3v) is 3.00. The van der Waals surface area contributed by atoms with Crippen LogP contribution in [0.2, 0.25) is 0 Å². The van der Waals surface area contributed by atoms with Gasteiger partial charge in [-0.3, -0.25) is 0 Å². The molecule has 90 valence electrons. The fourth-order valence-corrected chi connectivity index (χ4v) is 1.91. The van der Waals surface area contributed by atoms with Gasteiger partial charge in [-0.25, -0.2) is 0 Å². The molecule has 0 saturated heterocycles. The highest BCUT2D eigenvalue weighted by Crippen LogP contribution is 2.14. The molecule has 4 nitrogen and oxygen atoms in total. The van der Waals surface area contributed by atoms with Crippen molar-refractivity contribution in [2.75, 3.05) is 20.4 Å². The van der Waals surface area contributed by atoms with E-state index in [4.69, 9.17) is 10.00 Å². The zero-order chi connectivity index (χ0) is 12.7. The van der Waals surface area contributed by atoms with Gasteiger partial charge in [0.15, 0.2) is 5.17 Å². The molecule has 1 rings (SSSR count). The van der Waals surface area contributed by atoms with Crippen LogP contribution in [0.5, 0.6) is 5.75 Å². The van der Waals surface area contributed by atoms with Gasteiger partial charge in [-0.2, -0.15) is 5.26 Å². The highest BCUT2D eigenvalue weighted by molar-refractivity contribution is 8.13. The maximum Gasteiger partial charge on any atom is 0.208 e. The van der Waals surface area contributed by atoms with Crippen molar-refractivity contribution in [2.45, 2.75) is 6.54 Å². The first-order valence-electron chi connectivity index (χ1n) is 5.06. The number of methoxy groups -OCH3 is 1. The van der Waals surface area contributed by atoms with Crippen LogP contribution in [0.1, 0.15) is 5.56 Å². The quantitative estimate of drug-likeness (QED) is 0.468. The Balaban J connectivity index is 2.70. The molecule has 0 saturated carbocycles. The number of benzene rings is 1. The molecular weight excluding hydrogens is 234 g/mol. The molecule has 0 aliphatic rings. The van der Waals surface area contributed by atoms with Gasteiger partial charge in [0, 0.05) is 13.6 Å². The van der Waals surface area contributed by atoms with Crippen molar-refractivity contribution < 1.29 is 4.74 Å². The van der Waals surface area contributed by atoms with Gasteiger partial charge in [0.25, 0.3) is 0 Å². The Kier molecular flexibility index (Phi) is 5.37. The number of thioether (sulfide) groups is 1. The summed E-state index contributed by atoms with van der Waals surface area (Å²) in [6.07, 6.45) is 3.71. The van der Waals surface area contributed by atoms with Crippen molar-refractivity contribution in [1.82, 2.24) is 4.90 Å². The molecule has 0 heterocycles. The zero-order valence-electron chi connectivity index (χ0n) is 10.2. The van der Waals surface area contributed by atoms with E-state index in [2.05, 4.69) is 4.99 Å². The summed E-state index contributed by atoms with van der Waals surface area (Å²) in [4.78, 5) is 5.70. The van der Waals surface area contributed by atoms with Gasteiger partial charge < -0.3 is 9.64 Å². The van der Waals surface area contributed by atoms with Gasteiger partial charge in [0.2, 0.25) is 6.19 Å². The summed E-state index contributed by atoms with van der Waals surface area (Å²) >= 11 is 1.46. The van der Waals surface area contributed by atoms with Crippen LogP contribution in [0.15, 0.2) is 29.3 Å². The first-order valence-corrected chi connectivity index (χ1v) is 6.28. The van der Waals surface area contributed by atoms with Crippen LogP contribution in [-0.2, 0) is 6.54 Å². The van der Waals surface area contributed by atoms with Crippen molar-refractivity contribution in [2.24, 2.45) is 4.99 Å². The van der Waals surface area contributed by atoms with Crippen LogP contribution < -0.4 is 4.74 Å². The average molecular weight is 249 g/mol. The second-order valence-electron chi connectivity index (χ2n) is 3.40. The number of nitrogens with zero attached hydrogens (tertiary/aromatic N) is 3. The van der Waals surface area contributed by atoms with Gasteiger partial charge in [0.05, 0.1) is 7.11 Å². The largest absolute Gasteiger partial charge is 0.497 e. The molecule has 0 aliphatic heterocycles. The Bertz CT molecular complexity index is 422. The van der Waals surface area contributed by atoms with E-state index in [0.717, 1.165) is 11.3 Å². The summed E-state index contributed by atoms with van der Waals surface area (Å²) in [5.74, 6) is 0.840. The molecule has 5 heteroatoms. The van der Waals surface area contributed by atoms with Crippen LogP contribution in [-0.4, -0.2) is 30.5 Å². The molecule has 17 heavy (non-hydrogen) atoms. The Morgan fingerprint density at radius 3 is 2.59 bits per heavy atom. The van der Waals surface area contributed by atoms with E-state index in [9.17, 15) is 0 Å². The fourth-order valence-electron chi connectivity index (χ4n) is 1.40. The lowest BCUT2D eigenvalue weighted by molar-refractivity contribution is 0.414. The Hall–Kier alpha value is -1.67. The number of hydrogen-bond donors (Lipinski definition) is 0. The van der Waals surface area contributed by atoms with Gasteiger partial charge in [-0.05, 0) is 24.0 Å². The summed E-state index contributed by atoms with van der Waals surface area (Å²) in [5.41, 5.74) is 1.15. The lowest BCUT2D eigenvalue weighted by Gasteiger charge is -2.18. The maximum atomic E-state index is 8.56. The fraction of sp³-hybridized carbons (Fsp3) is 0.333. The summed E-state index contributed by atoms with van der Waals surface area (Å²) in [7, 11) is 3.56. The van der Waals surface area contributed by atoms with E-state index in [1.807, 2.05) is 48.7 Å². The molecule has 0 fully saturated rings. The highest BCUT2D eigenvalue weighted by atomic mass is 32.2. The molecule has 0 atom stereocenters. The number of hydrogen-bond acceptors (Lipinski definition) is 4. The lowest BCUT2D eigenvalue weighted by Crippen LogP contribution is -2.23. The van der Waals surface area contributed by atoms with E-state index in [1.54, 1.807) is 7.11 Å². The SMILES string of the molecule is COc1ccc(CN(C)C(=NC#N)SC)cc1. The predicted molar refractivity (Wildman–Crippen MR) is 71.0 cm³/mol. The van der Waals surface area contributed by atoms with Gasteiger partial charge >= 0.3 is 0 Å². The van der Waals surface area contributed by atoms with E-state index in [1.165, 1.54) is 11.8 Å². The molecule has 0 aliphatic carbocycles. The molecule has 0 amide bonds. The van der Waals surface area contributed by atoms with E-state index in [-0.39, 0.29) is 0 Å². The molecule has 0 aromatic heterocycles. The van der Waals surface area contributed by atoms with Crippen LogP contribution in [0.25, 0.3) is 0 Å². The normalized spacial score (nSPS) is 10.8. The second kappa shape index (κ2) is 6.81. The van der Waals surface area contributed by atoms with Crippen molar-refractivity contribution in [3.63, 3.8) is 0 Å². The topological polar surface area (TPSA) is 48.6 Å². The molecule has 0 N–H and O–H groups in total. The van der Waals surface area contributed by atoms with E-state index in [0.29, 0.717) is 11.7 Å². The third-order valence-electron chi connectivity index (χ3n) is 2.23. The van der Waals surface area contributed by atoms with E-state index < -0.39 is 0 Å². The molecular formula is C12H15N3OS. The minimum absolute atomic E-state index is 0.711. The minimum Gasteiger partial charge on any atom is -0.497 e. The molecule has 0 spiro atoms. The Morgan fingerprint density at radius 2 is 2.12 bits per heavy atom. The van der Waals surface area contributed by atoms with E-state index >= 15 is 0 Å². The minimum atomic E-state index is 0.711. The first kappa shape index (κ1) is 13.4. The van der Waals surface area contributed by atoms with Crippen molar-refractivity contribution in [3.05, 3.63) is 29.8 Å². The summed E-state index contributed by atoms with van der Waals surface area (Å²) in [6.45, 7) is 0.714. The molecule has 0 bridgehead atoms. The standard InChI is InChI=1S/C12H15N3OS/c1-15(12(17-3)14-9-13)8-10-4-6-11(16-2)7-5-10/h4-7H,8H2,1-3H3. The Morgan fingerprint density at radius 1 is 1.47 bits per heavy atom. The molecule has 0 radical (unpaired) electrons. The maximum absolute atomic E-state index is 8.56. The summed E-state index contributed by atoms with van der Waals surface area (Å²) < 4.78 is 5.10. The lowest BCUT2D eigenvalue weighted by atomic mass is 10.2. The number of rotatable bonds is 3. The third kappa shape index (κ3) is 4.00. The van der Waals surface area contributed by atoms with Crippen LogP contribution >= 0.6 is 11.8 Å². The van der Waals surface area contributed by atoms with Gasteiger partial charge in [-0.15, -0.1) is 4.99 Å². The van der Waals surface area contributed by atoms with Crippen molar-refractivity contribution in [3.8, 4) is 11.9 Å². The summed E-state index contributed by atoms with van der Waals surface area (Å²) in [6, 6.07) is 7.84. The van der Waals surface area contributed by atoms with Gasteiger partial charge in [-0.1, -0.05) is 23.9 Å². The number of nitriles is 1. The predicted octanol–water partition coefficient (Wildman–Crippen LogP) is 2.33. The number of amidine groups is 1. The number of ether oxygens (including phenoxy) is 1. The smallest absolute Gasteiger partial charge is 0.208 e. The summed E-state index contributed by atoms with van der Waals surface area (Å²) in [5, 5.41) is 9.27. The zero-order valence-corrected chi connectivity index (χ0v) is 11.0. The first-order chi connectivity index (χ1) is 8.21. The average Bonchev–Trinajstić information content (AvgIpc) is 2.36. The van der Waals surface area contributed by atoms with Crippen molar-refractivity contribution >= 4 is 16.9 Å². The monoisotopic (exact) mass is 249 g/mol. The molecule has 0 unspecified atom stereocenters.